The zero-order valence-corrected chi connectivity index (χ0v) is 38.0. The lowest BCUT2D eigenvalue weighted by Gasteiger charge is -2.39. The predicted molar refractivity (Wildman–Crippen MR) is 248 cm³/mol. The van der Waals surface area contributed by atoms with E-state index in [1.807, 2.05) is 25.1 Å². The van der Waals surface area contributed by atoms with E-state index < -0.39 is 37.4 Å². The van der Waals surface area contributed by atoms with Crippen molar-refractivity contribution in [2.24, 2.45) is 11.3 Å². The van der Waals surface area contributed by atoms with Gasteiger partial charge in [0, 0.05) is 73.8 Å². The number of rotatable bonds is 14. The summed E-state index contributed by atoms with van der Waals surface area (Å²) in [6.45, 7) is 10.4. The maximum Gasteiger partial charge on any atom is 0.310 e. The molecule has 2 fully saturated rings. The first kappa shape index (κ1) is 45.6. The lowest BCUT2D eigenvalue weighted by atomic mass is 9.72. The zero-order valence-electron chi connectivity index (χ0n) is 36.5. The molecule has 2 aliphatic heterocycles. The number of hydrogen-bond donors (Lipinski definition) is 3. The lowest BCUT2D eigenvalue weighted by molar-refractivity contribution is -0.384. The SMILES string of the molecule is CC1CC(C(=O)OCNc2ccc(S(=O)(=O)NC(=O)c3ccc(N4CCN(CC5=C(c6ccc(Cl)cc6)CC(C)(C)CC5)CC4)cc3Oc3cnc4[nH]ccc4c3)cc2[N+](=O)[O-])CCO1. The van der Waals surface area contributed by atoms with Crippen LogP contribution in [-0.2, 0) is 24.3 Å². The third-order valence-corrected chi connectivity index (χ3v) is 13.9. The Kier molecular flexibility index (Phi) is 13.5. The van der Waals surface area contributed by atoms with Crippen LogP contribution in [0.25, 0.3) is 16.6 Å². The van der Waals surface area contributed by atoms with Crippen LogP contribution in [0.4, 0.5) is 17.1 Å². The number of benzene rings is 3. The van der Waals surface area contributed by atoms with Crippen molar-refractivity contribution in [2.75, 3.05) is 56.3 Å². The number of aromatic amines is 1. The molecule has 1 amide bonds. The van der Waals surface area contributed by atoms with E-state index in [9.17, 15) is 28.1 Å². The number of fused-ring (bicyclic) bond motifs is 1. The average molecular weight is 926 g/mol. The Morgan fingerprint density at radius 1 is 1.05 bits per heavy atom. The van der Waals surface area contributed by atoms with Gasteiger partial charge in [-0.25, -0.2) is 18.1 Å². The number of carbonyl (C=O) groups excluding carboxylic acids is 2. The van der Waals surface area contributed by atoms with Gasteiger partial charge in [0.15, 0.2) is 6.73 Å². The number of amides is 1. The van der Waals surface area contributed by atoms with Gasteiger partial charge < -0.3 is 29.4 Å². The summed E-state index contributed by atoms with van der Waals surface area (Å²) >= 11 is 6.24. The molecule has 8 rings (SSSR count). The zero-order chi connectivity index (χ0) is 45.9. The van der Waals surface area contributed by atoms with Crippen LogP contribution in [-0.4, -0.2) is 92.3 Å². The summed E-state index contributed by atoms with van der Waals surface area (Å²) in [5.74, 6) is -1.42. The van der Waals surface area contributed by atoms with E-state index in [0.717, 1.165) is 67.1 Å². The van der Waals surface area contributed by atoms with Gasteiger partial charge in [-0.2, -0.15) is 0 Å². The number of nitro groups is 1. The smallest absolute Gasteiger partial charge is 0.310 e. The second kappa shape index (κ2) is 19.2. The van der Waals surface area contributed by atoms with Gasteiger partial charge in [0.05, 0.1) is 33.6 Å². The van der Waals surface area contributed by atoms with E-state index in [-0.39, 0.29) is 41.2 Å². The summed E-state index contributed by atoms with van der Waals surface area (Å²) in [5, 5.41) is 16.3. The largest absolute Gasteiger partial charge is 0.455 e. The van der Waals surface area contributed by atoms with Crippen molar-refractivity contribution < 1.29 is 37.1 Å². The Hall–Kier alpha value is -6.01. The summed E-state index contributed by atoms with van der Waals surface area (Å²) in [6, 6.07) is 19.8. The fourth-order valence-electron chi connectivity index (χ4n) is 8.71. The van der Waals surface area contributed by atoms with E-state index in [1.165, 1.54) is 35.0 Å². The predicted octanol–water partition coefficient (Wildman–Crippen LogP) is 8.55. The van der Waals surface area contributed by atoms with Gasteiger partial charge in [0.2, 0.25) is 0 Å². The Morgan fingerprint density at radius 2 is 1.83 bits per heavy atom. The Morgan fingerprint density at radius 3 is 2.58 bits per heavy atom. The number of halogens is 1. The van der Waals surface area contributed by atoms with Gasteiger partial charge >= 0.3 is 5.97 Å². The lowest BCUT2D eigenvalue weighted by Crippen LogP contribution is -2.47. The standard InChI is InChI=1S/C47H52ClN7O9S/c1-30-22-33(14-21-62-30)46(57)63-29-51-41-11-9-38(25-42(41)55(58)59)65(60,61)52-45(56)39-10-8-36(24-43(39)64-37-23-32-13-16-49-44(32)50-27-37)54-19-17-53(18-20-54)28-34-12-15-47(2,3)26-40(34)31-4-6-35(48)7-5-31/h4-11,13,16,23-25,27,30,33,51H,12,14-15,17-22,26,28-29H2,1-3H3,(H,49,50)(H,52,56). The van der Waals surface area contributed by atoms with E-state index in [0.29, 0.717) is 43.9 Å². The molecule has 18 heteroatoms. The topological polar surface area (TPSA) is 198 Å². The number of carbonyl (C=O) groups is 2. The first-order valence-corrected chi connectivity index (χ1v) is 23.5. The Balaban J connectivity index is 0.979. The normalized spacial score (nSPS) is 19.2. The minimum absolute atomic E-state index is 0.0775. The molecule has 2 atom stereocenters. The number of allylic oxidation sites excluding steroid dienone is 1. The third-order valence-electron chi connectivity index (χ3n) is 12.3. The van der Waals surface area contributed by atoms with Crippen molar-refractivity contribution in [3.8, 4) is 11.5 Å². The van der Waals surface area contributed by atoms with Crippen LogP contribution < -0.4 is 19.7 Å². The summed E-state index contributed by atoms with van der Waals surface area (Å²) in [7, 11) is -4.65. The molecule has 1 aliphatic carbocycles. The molecule has 342 valence electrons. The molecule has 2 unspecified atom stereocenters. The molecule has 16 nitrogen and oxygen atoms in total. The number of nitrogens with one attached hydrogen (secondary N) is 3. The number of anilines is 2. The summed E-state index contributed by atoms with van der Waals surface area (Å²) < 4.78 is 46.6. The van der Waals surface area contributed by atoms with Gasteiger partial charge in [0.1, 0.15) is 22.8 Å². The summed E-state index contributed by atoms with van der Waals surface area (Å²) in [4.78, 5) is 49.4. The van der Waals surface area contributed by atoms with Crippen LogP contribution in [0.2, 0.25) is 5.02 Å². The van der Waals surface area contributed by atoms with Crippen LogP contribution in [0.15, 0.2) is 95.7 Å². The number of sulfonamides is 1. The van der Waals surface area contributed by atoms with Crippen LogP contribution in [0.3, 0.4) is 0 Å². The second-order valence-electron chi connectivity index (χ2n) is 17.6. The first-order valence-electron chi connectivity index (χ1n) is 21.7. The minimum atomic E-state index is -4.65. The number of pyridine rings is 1. The molecule has 0 radical (unpaired) electrons. The number of nitrogens with zero attached hydrogens (tertiary/aromatic N) is 4. The first-order chi connectivity index (χ1) is 31.1. The van der Waals surface area contributed by atoms with Gasteiger partial charge in [-0.15, -0.1) is 0 Å². The maximum absolute atomic E-state index is 13.9. The van der Waals surface area contributed by atoms with Crippen molar-refractivity contribution in [1.29, 1.82) is 0 Å². The van der Waals surface area contributed by atoms with Crippen molar-refractivity contribution in [3.05, 3.63) is 117 Å². The van der Waals surface area contributed by atoms with Crippen molar-refractivity contribution in [3.63, 3.8) is 0 Å². The highest BCUT2D eigenvalue weighted by Gasteiger charge is 2.31. The number of aromatic nitrogens is 2. The Labute approximate surface area is 382 Å². The third kappa shape index (κ3) is 10.9. The second-order valence-corrected chi connectivity index (χ2v) is 19.7. The van der Waals surface area contributed by atoms with Crippen molar-refractivity contribution in [2.45, 2.75) is 63.9 Å². The molecule has 2 saturated heterocycles. The van der Waals surface area contributed by atoms with Gasteiger partial charge in [-0.05, 0) is 104 Å². The number of ether oxygens (including phenoxy) is 3. The fraction of sp³-hybridized carbons (Fsp3) is 0.383. The molecule has 0 bridgehead atoms. The van der Waals surface area contributed by atoms with Crippen LogP contribution in [0.1, 0.15) is 68.8 Å². The molecular weight excluding hydrogens is 874 g/mol. The number of esters is 1. The number of H-pyrrole nitrogens is 1. The van der Waals surface area contributed by atoms with Crippen molar-refractivity contribution in [1.82, 2.24) is 19.6 Å². The Bertz CT molecular complexity index is 2730. The quantitative estimate of drug-likeness (QED) is 0.0415. The van der Waals surface area contributed by atoms with Crippen LogP contribution >= 0.6 is 11.6 Å². The van der Waals surface area contributed by atoms with E-state index in [4.69, 9.17) is 25.8 Å². The highest BCUT2D eigenvalue weighted by Crippen LogP contribution is 2.43. The molecule has 0 spiro atoms. The molecule has 4 heterocycles. The highest BCUT2D eigenvalue weighted by atomic mass is 35.5. The molecule has 0 saturated carbocycles. The number of hydrogen-bond acceptors (Lipinski definition) is 13. The summed E-state index contributed by atoms with van der Waals surface area (Å²) in [5.41, 5.74) is 4.94. The molecular formula is C47H52ClN7O9S. The van der Waals surface area contributed by atoms with Gasteiger partial charge in [0.25, 0.3) is 21.6 Å². The number of nitro benzene ring substituents is 1. The van der Waals surface area contributed by atoms with E-state index in [2.05, 4.69) is 55.8 Å². The van der Waals surface area contributed by atoms with E-state index >= 15 is 0 Å². The van der Waals surface area contributed by atoms with Gasteiger partial charge in [-0.1, -0.05) is 43.2 Å². The number of piperazine rings is 1. The maximum atomic E-state index is 13.9. The van der Waals surface area contributed by atoms with Crippen molar-refractivity contribution >= 4 is 67.2 Å². The van der Waals surface area contributed by atoms with Crippen LogP contribution in [0.5, 0.6) is 11.5 Å². The highest BCUT2D eigenvalue weighted by molar-refractivity contribution is 7.90. The van der Waals surface area contributed by atoms with E-state index in [1.54, 1.807) is 24.4 Å². The fourth-order valence-corrected chi connectivity index (χ4v) is 9.82. The molecule has 3 N–H and O–H groups in total. The monoisotopic (exact) mass is 925 g/mol. The molecule has 2 aromatic heterocycles. The molecule has 3 aromatic carbocycles. The van der Waals surface area contributed by atoms with Gasteiger partial charge in [-0.3, -0.25) is 24.6 Å². The molecule has 5 aromatic rings. The minimum Gasteiger partial charge on any atom is -0.455 e. The summed E-state index contributed by atoms with van der Waals surface area (Å²) in [6.07, 6.45) is 7.31. The molecule has 3 aliphatic rings. The average Bonchev–Trinajstić information content (AvgIpc) is 3.75. The van der Waals surface area contributed by atoms with Crippen LogP contribution in [0, 0.1) is 21.4 Å². The molecule has 65 heavy (non-hydrogen) atoms.